The van der Waals surface area contributed by atoms with Crippen LogP contribution in [0.2, 0.25) is 0 Å². The van der Waals surface area contributed by atoms with E-state index in [4.69, 9.17) is 9.47 Å². The Morgan fingerprint density at radius 2 is 1.59 bits per heavy atom. The average molecular weight is 385 g/mol. The zero-order valence-corrected chi connectivity index (χ0v) is 17.8. The van der Waals surface area contributed by atoms with E-state index in [1.807, 2.05) is 27.7 Å². The van der Waals surface area contributed by atoms with Gasteiger partial charge in [0.2, 0.25) is 11.8 Å². The molecule has 1 heterocycles. The topological polar surface area (TPSA) is 67.9 Å². The van der Waals surface area contributed by atoms with Crippen LogP contribution in [0.1, 0.15) is 79.1 Å². The highest BCUT2D eigenvalue weighted by atomic mass is 16.5. The number of likely N-dealkylation sites (tertiary alicyclic amines) is 1. The summed E-state index contributed by atoms with van der Waals surface area (Å²) in [4.78, 5) is 26.7. The van der Waals surface area contributed by atoms with E-state index in [1.165, 1.54) is 0 Å². The molecule has 0 aromatic rings. The quantitative estimate of drug-likeness (QED) is 0.467. The summed E-state index contributed by atoms with van der Waals surface area (Å²) in [6, 6.07) is -0.284. The number of nitrogens with zero attached hydrogens (tertiary/aromatic N) is 1. The highest BCUT2D eigenvalue weighted by molar-refractivity contribution is 5.88. The lowest BCUT2D eigenvalue weighted by molar-refractivity contribution is -0.138. The minimum absolute atomic E-state index is 0.00374. The number of nitrogens with one attached hydrogen (secondary N) is 1. The normalized spacial score (nSPS) is 17.1. The molecule has 0 aromatic heterocycles. The molecule has 0 spiro atoms. The summed E-state index contributed by atoms with van der Waals surface area (Å²) in [6.07, 6.45) is 7.39. The fraction of sp³-hybridized carbons (Fsp3) is 0.905. The molecule has 0 aromatic carbocycles. The van der Waals surface area contributed by atoms with Crippen molar-refractivity contribution < 1.29 is 19.1 Å². The van der Waals surface area contributed by atoms with Gasteiger partial charge in [0.05, 0.1) is 12.2 Å². The summed E-state index contributed by atoms with van der Waals surface area (Å²) in [5, 5.41) is 2.99. The largest absolute Gasteiger partial charge is 0.379 e. The van der Waals surface area contributed by atoms with Gasteiger partial charge in [0.1, 0.15) is 6.04 Å². The van der Waals surface area contributed by atoms with Gasteiger partial charge in [0.25, 0.3) is 0 Å². The number of carbonyl (C=O) groups is 2. The van der Waals surface area contributed by atoms with E-state index in [0.29, 0.717) is 19.5 Å². The first kappa shape index (κ1) is 23.9. The molecule has 6 nitrogen and oxygen atoms in total. The highest BCUT2D eigenvalue weighted by Crippen LogP contribution is 2.19. The molecule has 0 bridgehead atoms. The van der Waals surface area contributed by atoms with E-state index in [0.717, 1.165) is 58.2 Å². The summed E-state index contributed by atoms with van der Waals surface area (Å²) in [6.45, 7) is 10.9. The highest BCUT2D eigenvalue weighted by Gasteiger charge is 2.33. The van der Waals surface area contributed by atoms with E-state index in [2.05, 4.69) is 5.32 Å². The predicted molar refractivity (Wildman–Crippen MR) is 108 cm³/mol. The lowest BCUT2D eigenvalue weighted by Crippen LogP contribution is -2.46. The second kappa shape index (κ2) is 13.9. The van der Waals surface area contributed by atoms with Crippen molar-refractivity contribution in [3.63, 3.8) is 0 Å². The molecule has 158 valence electrons. The Bertz CT molecular complexity index is 388. The Morgan fingerprint density at radius 1 is 0.963 bits per heavy atom. The van der Waals surface area contributed by atoms with E-state index >= 15 is 0 Å². The minimum atomic E-state index is -0.284. The standard InChI is InChI=1S/C21H40N2O4/c1-17(2)26-15-8-5-6-12-20(24)23-14-10-11-19(23)21(25)22-13-7-9-16-27-18(3)4/h17-19H,5-16H2,1-4H3,(H,22,25)/t19-/m0/s1. The molecule has 1 N–H and O–H groups in total. The van der Waals surface area contributed by atoms with Gasteiger partial charge in [-0.15, -0.1) is 0 Å². The van der Waals surface area contributed by atoms with E-state index in [-0.39, 0.29) is 30.1 Å². The van der Waals surface area contributed by atoms with Crippen molar-refractivity contribution in [2.45, 2.75) is 97.3 Å². The lowest BCUT2D eigenvalue weighted by Gasteiger charge is -2.24. The molecule has 2 amide bonds. The summed E-state index contributed by atoms with van der Waals surface area (Å²) in [5.74, 6) is 0.110. The van der Waals surface area contributed by atoms with Gasteiger partial charge in [0.15, 0.2) is 0 Å². The molecule has 1 aliphatic rings. The molecule has 0 aliphatic carbocycles. The van der Waals surface area contributed by atoms with Gasteiger partial charge in [-0.25, -0.2) is 0 Å². The van der Waals surface area contributed by atoms with Gasteiger partial charge in [-0.1, -0.05) is 6.42 Å². The first-order valence-electron chi connectivity index (χ1n) is 10.7. The van der Waals surface area contributed by atoms with Crippen LogP contribution >= 0.6 is 0 Å². The molecule has 0 saturated carbocycles. The molecular formula is C21H40N2O4. The van der Waals surface area contributed by atoms with Crippen LogP contribution in [0.3, 0.4) is 0 Å². The zero-order chi connectivity index (χ0) is 20.1. The van der Waals surface area contributed by atoms with Gasteiger partial charge < -0.3 is 19.7 Å². The maximum atomic E-state index is 12.5. The summed E-state index contributed by atoms with van der Waals surface area (Å²) in [7, 11) is 0. The van der Waals surface area contributed by atoms with Crippen LogP contribution < -0.4 is 5.32 Å². The third-order valence-corrected chi connectivity index (χ3v) is 4.68. The maximum absolute atomic E-state index is 12.5. The summed E-state index contributed by atoms with van der Waals surface area (Å²) in [5.41, 5.74) is 0. The fourth-order valence-electron chi connectivity index (χ4n) is 3.23. The number of hydrogen-bond acceptors (Lipinski definition) is 4. The first-order chi connectivity index (χ1) is 12.9. The van der Waals surface area contributed by atoms with Crippen molar-refractivity contribution in [1.82, 2.24) is 10.2 Å². The summed E-state index contributed by atoms with van der Waals surface area (Å²) >= 11 is 0. The van der Waals surface area contributed by atoms with Crippen LogP contribution in [-0.4, -0.2) is 61.3 Å². The second-order valence-corrected chi connectivity index (χ2v) is 7.89. The Kier molecular flexibility index (Phi) is 12.3. The molecule has 6 heteroatoms. The Morgan fingerprint density at radius 3 is 2.22 bits per heavy atom. The van der Waals surface area contributed by atoms with E-state index in [1.54, 1.807) is 4.90 Å². The van der Waals surface area contributed by atoms with Crippen LogP contribution in [-0.2, 0) is 19.1 Å². The first-order valence-corrected chi connectivity index (χ1v) is 10.7. The molecular weight excluding hydrogens is 344 g/mol. The smallest absolute Gasteiger partial charge is 0.242 e. The number of ether oxygens (including phenoxy) is 2. The van der Waals surface area contributed by atoms with Gasteiger partial charge in [-0.3, -0.25) is 9.59 Å². The summed E-state index contributed by atoms with van der Waals surface area (Å²) < 4.78 is 11.0. The van der Waals surface area contributed by atoms with E-state index in [9.17, 15) is 9.59 Å². The average Bonchev–Trinajstić information content (AvgIpc) is 3.10. The van der Waals surface area contributed by atoms with E-state index < -0.39 is 0 Å². The van der Waals surface area contributed by atoms with Crippen LogP contribution in [0.15, 0.2) is 0 Å². The third kappa shape index (κ3) is 10.7. The molecule has 1 fully saturated rings. The van der Waals surface area contributed by atoms with Crippen LogP contribution in [0, 0.1) is 0 Å². The van der Waals surface area contributed by atoms with Crippen LogP contribution in [0.25, 0.3) is 0 Å². The molecule has 1 atom stereocenters. The molecule has 1 rings (SSSR count). The predicted octanol–water partition coefficient (Wildman–Crippen LogP) is 3.28. The van der Waals surface area contributed by atoms with Crippen molar-refractivity contribution in [3.05, 3.63) is 0 Å². The monoisotopic (exact) mass is 384 g/mol. The zero-order valence-electron chi connectivity index (χ0n) is 17.8. The minimum Gasteiger partial charge on any atom is -0.379 e. The van der Waals surface area contributed by atoms with Crippen molar-refractivity contribution in [2.24, 2.45) is 0 Å². The van der Waals surface area contributed by atoms with Gasteiger partial charge in [-0.05, 0) is 66.2 Å². The Hall–Kier alpha value is -1.14. The van der Waals surface area contributed by atoms with Gasteiger partial charge in [-0.2, -0.15) is 0 Å². The van der Waals surface area contributed by atoms with Crippen molar-refractivity contribution in [3.8, 4) is 0 Å². The van der Waals surface area contributed by atoms with Crippen molar-refractivity contribution in [2.75, 3.05) is 26.3 Å². The number of unbranched alkanes of at least 4 members (excludes halogenated alkanes) is 3. The number of carbonyl (C=O) groups excluding carboxylic acids is 2. The second-order valence-electron chi connectivity index (χ2n) is 7.89. The Balaban J connectivity index is 2.19. The van der Waals surface area contributed by atoms with Crippen LogP contribution in [0.4, 0.5) is 0 Å². The Labute approximate surface area is 165 Å². The maximum Gasteiger partial charge on any atom is 0.242 e. The number of amides is 2. The fourth-order valence-corrected chi connectivity index (χ4v) is 3.23. The third-order valence-electron chi connectivity index (χ3n) is 4.68. The molecule has 1 saturated heterocycles. The molecule has 27 heavy (non-hydrogen) atoms. The molecule has 0 unspecified atom stereocenters. The molecule has 0 radical (unpaired) electrons. The molecule has 1 aliphatic heterocycles. The SMILES string of the molecule is CC(C)OCCCCCC(=O)N1CCC[C@H]1C(=O)NCCCCOC(C)C. The van der Waals surface area contributed by atoms with Gasteiger partial charge >= 0.3 is 0 Å². The number of hydrogen-bond donors (Lipinski definition) is 1. The van der Waals surface area contributed by atoms with Crippen molar-refractivity contribution in [1.29, 1.82) is 0 Å². The lowest BCUT2D eigenvalue weighted by atomic mass is 10.1. The van der Waals surface area contributed by atoms with Gasteiger partial charge in [0, 0.05) is 32.7 Å². The van der Waals surface area contributed by atoms with Crippen molar-refractivity contribution >= 4 is 11.8 Å². The van der Waals surface area contributed by atoms with Crippen LogP contribution in [0.5, 0.6) is 0 Å². The number of rotatable bonds is 14.